The zero-order valence-electron chi connectivity index (χ0n) is 39.7. The quantitative estimate of drug-likeness (QED) is 0.0804. The van der Waals surface area contributed by atoms with Gasteiger partial charge in [0, 0.05) is 27.3 Å². The van der Waals surface area contributed by atoms with E-state index in [-0.39, 0.29) is 0 Å². The predicted octanol–water partition coefficient (Wildman–Crippen LogP) is 14.1. The Morgan fingerprint density at radius 2 is 1.19 bits per heavy atom. The van der Waals surface area contributed by atoms with Crippen molar-refractivity contribution < 1.29 is 32.2 Å². The van der Waals surface area contributed by atoms with Crippen LogP contribution in [-0.2, 0) is 35.5 Å². The van der Waals surface area contributed by atoms with Crippen LogP contribution in [0.15, 0.2) is 156 Å². The first-order valence-corrected chi connectivity index (χ1v) is 28.2. The van der Waals surface area contributed by atoms with Crippen LogP contribution in [0.25, 0.3) is 29.4 Å². The summed E-state index contributed by atoms with van der Waals surface area (Å²) in [5, 5.41) is 4.92. The van der Waals surface area contributed by atoms with Gasteiger partial charge in [-0.3, -0.25) is 0 Å². The molecule has 0 radical (unpaired) electrons. The van der Waals surface area contributed by atoms with Crippen molar-refractivity contribution in [1.82, 2.24) is 0 Å². The summed E-state index contributed by atoms with van der Waals surface area (Å²) in [4.78, 5) is 4.78. The van der Waals surface area contributed by atoms with E-state index < -0.39 is 7.26 Å². The van der Waals surface area contributed by atoms with Gasteiger partial charge in [-0.05, 0) is 48.6 Å². The van der Waals surface area contributed by atoms with Gasteiger partial charge in [0.25, 0.3) is 0 Å². The van der Waals surface area contributed by atoms with E-state index in [2.05, 4.69) is 209 Å². The maximum atomic E-state index is 6.86. The van der Waals surface area contributed by atoms with Crippen molar-refractivity contribution in [2.45, 2.75) is 54.4 Å². The Hall–Kier alpha value is -5.31. The molecule has 343 valence electrons. The molecule has 0 N–H and O–H groups in total. The van der Waals surface area contributed by atoms with Gasteiger partial charge in [0.1, 0.15) is 0 Å². The van der Waals surface area contributed by atoms with Gasteiger partial charge in [0.2, 0.25) is 0 Å². The Morgan fingerprint density at radius 1 is 0.676 bits per heavy atom. The van der Waals surface area contributed by atoms with Gasteiger partial charge in [-0.1, -0.05) is 33.8 Å². The summed E-state index contributed by atoms with van der Waals surface area (Å²) in [5.74, 6) is 10.3. The Kier molecular flexibility index (Phi) is 15.1. The molecule has 1 fully saturated rings. The summed E-state index contributed by atoms with van der Waals surface area (Å²) in [6, 6.07) is 41.9. The Balaban J connectivity index is 1.16. The molecule has 0 unspecified atom stereocenters. The first kappa shape index (κ1) is 47.7. The SMILES string of the molecule is CC=C1COCC1=CC(C#Cc1ccc(C2=Cc3c(c(OCC(C)C)c4c(c3OCC(C)C)CC(c3ccc(/C=C/C)s3)=C4)C2)s1)=C([C]#[Os])[P+](c1ccccc1)(c1ccccc1)c1ccccc1. The third-order valence-electron chi connectivity index (χ3n) is 12.4. The molecule has 4 aromatic carbocycles. The van der Waals surface area contributed by atoms with Crippen LogP contribution in [0.3, 0.4) is 0 Å². The van der Waals surface area contributed by atoms with Crippen molar-refractivity contribution in [2.75, 3.05) is 26.4 Å². The zero-order chi connectivity index (χ0) is 47.2. The molecule has 2 aromatic heterocycles. The van der Waals surface area contributed by atoms with Crippen molar-refractivity contribution in [2.24, 2.45) is 11.8 Å². The van der Waals surface area contributed by atoms with Crippen LogP contribution in [0.2, 0.25) is 0 Å². The van der Waals surface area contributed by atoms with Gasteiger partial charge in [-0.2, -0.15) is 0 Å². The summed E-state index contributed by atoms with van der Waals surface area (Å²) < 4.78 is 23.6. The monoisotopic (exact) mass is 1120 g/mol. The van der Waals surface area contributed by atoms with E-state index in [0.29, 0.717) is 38.3 Å². The average molecular weight is 1120 g/mol. The number of benzene rings is 4. The zero-order valence-corrected chi connectivity index (χ0v) is 44.7. The molecule has 9 rings (SSSR count). The molecule has 3 nitrogen and oxygen atoms in total. The predicted molar refractivity (Wildman–Crippen MR) is 289 cm³/mol. The molecule has 3 heterocycles. The fourth-order valence-corrected chi connectivity index (χ4v) is 16.9. The Labute approximate surface area is 422 Å². The van der Waals surface area contributed by atoms with Crippen molar-refractivity contribution in [1.29, 1.82) is 0 Å². The molecular formula is C61H57O3OsPS2+. The maximum absolute atomic E-state index is 6.86. The van der Waals surface area contributed by atoms with Gasteiger partial charge in [0.05, 0.1) is 13.2 Å². The van der Waals surface area contributed by atoms with Crippen LogP contribution in [-0.4, -0.2) is 26.4 Å². The summed E-state index contributed by atoms with van der Waals surface area (Å²) in [7, 11) is -2.50. The molecule has 68 heavy (non-hydrogen) atoms. The van der Waals surface area contributed by atoms with Gasteiger partial charge < -0.3 is 9.47 Å². The first-order chi connectivity index (χ1) is 33.2. The summed E-state index contributed by atoms with van der Waals surface area (Å²) in [6.07, 6.45) is 15.1. The fourth-order valence-electron chi connectivity index (χ4n) is 9.24. The third-order valence-corrected chi connectivity index (χ3v) is 20.0. The molecule has 3 aliphatic rings. The molecule has 6 aromatic rings. The van der Waals surface area contributed by atoms with Crippen molar-refractivity contribution in [3.63, 3.8) is 0 Å². The molecular weight excluding hydrogens is 1070 g/mol. The van der Waals surface area contributed by atoms with E-state index in [1.807, 2.05) is 11.3 Å². The average Bonchev–Trinajstić information content (AvgIpc) is 4.23. The van der Waals surface area contributed by atoms with Gasteiger partial charge in [0.15, 0.2) is 0 Å². The van der Waals surface area contributed by atoms with Gasteiger partial charge in [-0.25, -0.2) is 0 Å². The first-order valence-electron chi connectivity index (χ1n) is 23.5. The second-order valence-electron chi connectivity index (χ2n) is 18.2. The molecule has 0 atom stereocenters. The van der Waals surface area contributed by atoms with Crippen molar-refractivity contribution in [3.8, 4) is 27.7 Å². The minimum atomic E-state index is -2.50. The topological polar surface area (TPSA) is 27.7 Å². The molecule has 0 bridgehead atoms. The third kappa shape index (κ3) is 9.78. The van der Waals surface area contributed by atoms with Crippen LogP contribution in [0.4, 0.5) is 0 Å². The number of hydrogen-bond acceptors (Lipinski definition) is 5. The van der Waals surface area contributed by atoms with Crippen LogP contribution in [0.5, 0.6) is 11.5 Å². The summed E-state index contributed by atoms with van der Waals surface area (Å²) in [6.45, 7) is 15.5. The molecule has 0 amide bonds. The number of thiophene rings is 2. The van der Waals surface area contributed by atoms with Crippen LogP contribution >= 0.6 is 29.9 Å². The van der Waals surface area contributed by atoms with Crippen LogP contribution in [0.1, 0.15) is 83.3 Å². The molecule has 7 heteroatoms. The van der Waals surface area contributed by atoms with Crippen LogP contribution in [0, 0.1) is 28.0 Å². The van der Waals surface area contributed by atoms with Crippen molar-refractivity contribution in [3.05, 3.63) is 197 Å². The standard InChI is InChI=1S/C61H57O3PS2.Os/c1-8-19-52-28-30-58(66-52)46-33-54-55(34-46)61(64-38-42(5)6)57-36-47(35-56(57)60(54)63-37-41(3)4)59-31-29-53(67-59)27-26-45(32-48-40-62-39-44(48)9-2)43(7)65(49-20-13-10-14-21-49,50-22-15-11-16-23-50)51-24-17-12-18-25-51;/h8-25,28-33,36,41-42H,34-35,37-40H2,1-6H3;/q+1;/b19-8+,44-9?,45-43?,48-32?;. The number of fused-ring (bicyclic) bond motifs is 2. The Morgan fingerprint density at radius 3 is 1.69 bits per heavy atom. The van der Waals surface area contributed by atoms with Crippen molar-refractivity contribution >= 4 is 75.2 Å². The number of allylic oxidation sites excluding steroid dienone is 7. The summed E-state index contributed by atoms with van der Waals surface area (Å²) in [5.41, 5.74) is 10.7. The summed E-state index contributed by atoms with van der Waals surface area (Å²) >= 11 is 5.39. The van der Waals surface area contributed by atoms with E-state index in [0.717, 1.165) is 51.2 Å². The molecule has 0 saturated carbocycles. The van der Waals surface area contributed by atoms with Gasteiger partial charge in [-0.15, -0.1) is 11.3 Å². The normalized spacial score (nSPS) is 15.9. The van der Waals surface area contributed by atoms with Gasteiger partial charge >= 0.3 is 281 Å². The van der Waals surface area contributed by atoms with E-state index in [9.17, 15) is 0 Å². The van der Waals surface area contributed by atoms with E-state index >= 15 is 0 Å². The number of ether oxygens (including phenoxy) is 3. The fraction of sp³-hybridized carbons (Fsp3) is 0.230. The molecule has 1 aliphatic heterocycles. The van der Waals surface area contributed by atoms with E-state index in [1.54, 1.807) is 29.3 Å². The van der Waals surface area contributed by atoms with E-state index in [1.165, 1.54) is 64.0 Å². The minimum absolute atomic E-state index is 0.389. The molecule has 1 saturated heterocycles. The van der Waals surface area contributed by atoms with E-state index in [4.69, 9.17) is 14.2 Å². The number of rotatable bonds is 14. The second-order valence-corrected chi connectivity index (χ2v) is 24.3. The second kappa shape index (κ2) is 21.5. The number of hydrogen-bond donors (Lipinski definition) is 0. The van der Waals surface area contributed by atoms with Crippen LogP contribution < -0.4 is 25.4 Å². The molecule has 0 spiro atoms. The Bertz CT molecular complexity index is 3030. The molecule has 2 aliphatic carbocycles.